The van der Waals surface area contributed by atoms with Crippen LogP contribution in [0.25, 0.3) is 0 Å². The predicted molar refractivity (Wildman–Crippen MR) is 63.1 cm³/mol. The molecule has 0 saturated heterocycles. The van der Waals surface area contributed by atoms with Gasteiger partial charge in [-0.05, 0) is 41.8 Å². The zero-order valence-corrected chi connectivity index (χ0v) is 9.21. The molecule has 2 rings (SSSR count). The third-order valence-corrected chi connectivity index (χ3v) is 2.65. The molecule has 1 heterocycles. The number of halogens is 1. The van der Waals surface area contributed by atoms with E-state index in [1.807, 2.05) is 12.1 Å². The van der Waals surface area contributed by atoms with Crippen molar-refractivity contribution in [1.29, 1.82) is 0 Å². The van der Waals surface area contributed by atoms with E-state index in [4.69, 9.17) is 0 Å². The van der Waals surface area contributed by atoms with Crippen molar-refractivity contribution >= 4 is 6.29 Å². The summed E-state index contributed by atoms with van der Waals surface area (Å²) in [6.45, 7) is 0. The van der Waals surface area contributed by atoms with Gasteiger partial charge in [-0.3, -0.25) is 4.98 Å². The van der Waals surface area contributed by atoms with Crippen LogP contribution in [-0.2, 0) is 11.2 Å². The Bertz CT molecular complexity index is 499. The molecule has 1 atom stereocenters. The molecule has 0 aliphatic carbocycles. The molecule has 2 nitrogen and oxygen atoms in total. The second-order valence-corrected chi connectivity index (χ2v) is 3.86. The van der Waals surface area contributed by atoms with Crippen LogP contribution in [0.2, 0.25) is 0 Å². The Morgan fingerprint density at radius 3 is 2.65 bits per heavy atom. The molecule has 0 spiro atoms. The van der Waals surface area contributed by atoms with E-state index >= 15 is 0 Å². The molecule has 0 bridgehead atoms. The van der Waals surface area contributed by atoms with Crippen LogP contribution in [0.4, 0.5) is 4.39 Å². The van der Waals surface area contributed by atoms with Crippen molar-refractivity contribution in [3.8, 4) is 0 Å². The molecule has 3 heteroatoms. The number of aromatic nitrogens is 1. The summed E-state index contributed by atoms with van der Waals surface area (Å²) in [4.78, 5) is 15.0. The van der Waals surface area contributed by atoms with E-state index < -0.39 is 0 Å². The van der Waals surface area contributed by atoms with Gasteiger partial charge in [-0.15, -0.1) is 0 Å². The molecular formula is C14H12FNO. The van der Waals surface area contributed by atoms with E-state index in [0.29, 0.717) is 12.0 Å². The maximum absolute atomic E-state index is 13.1. The Hall–Kier alpha value is -2.03. The number of carbonyl (C=O) groups excluding carboxylic acids is 1. The van der Waals surface area contributed by atoms with Crippen molar-refractivity contribution in [1.82, 2.24) is 4.98 Å². The fourth-order valence-corrected chi connectivity index (χ4v) is 1.75. The normalized spacial score (nSPS) is 12.1. The van der Waals surface area contributed by atoms with Gasteiger partial charge in [0.15, 0.2) is 0 Å². The molecule has 0 N–H and O–H groups in total. The summed E-state index contributed by atoms with van der Waals surface area (Å²) in [6, 6.07) is 9.88. The molecule has 0 aliphatic rings. The summed E-state index contributed by atoms with van der Waals surface area (Å²) in [5.41, 5.74) is 1.72. The van der Waals surface area contributed by atoms with E-state index in [9.17, 15) is 9.18 Å². The number of nitrogens with zero attached hydrogens (tertiary/aromatic N) is 1. The second kappa shape index (κ2) is 5.34. The molecule has 0 amide bonds. The minimum atomic E-state index is -0.316. The number of pyridine rings is 1. The lowest BCUT2D eigenvalue weighted by atomic mass is 9.94. The van der Waals surface area contributed by atoms with Crippen LogP contribution in [0.1, 0.15) is 17.0 Å². The van der Waals surface area contributed by atoms with Gasteiger partial charge in [0, 0.05) is 18.3 Å². The molecular weight excluding hydrogens is 217 g/mol. The summed E-state index contributed by atoms with van der Waals surface area (Å²) in [5, 5.41) is 0. The lowest BCUT2D eigenvalue weighted by molar-refractivity contribution is -0.109. The highest BCUT2D eigenvalue weighted by Crippen LogP contribution is 2.19. The first-order valence-electron chi connectivity index (χ1n) is 5.39. The molecule has 2 aromatic rings. The smallest absolute Gasteiger partial charge is 0.127 e. The first-order valence-corrected chi connectivity index (χ1v) is 5.39. The Balaban J connectivity index is 2.20. The van der Waals surface area contributed by atoms with Gasteiger partial charge in [0.1, 0.15) is 12.1 Å². The van der Waals surface area contributed by atoms with E-state index in [1.54, 1.807) is 24.5 Å². The molecule has 86 valence electrons. The van der Waals surface area contributed by atoms with Gasteiger partial charge >= 0.3 is 0 Å². The van der Waals surface area contributed by atoms with E-state index in [1.165, 1.54) is 12.1 Å². The molecule has 1 unspecified atom stereocenters. The standard InChI is InChI=1S/C14H12FNO/c15-14-3-1-2-12(9-14)13(10-17)8-11-4-6-16-7-5-11/h1-7,9-10,13H,8H2. The van der Waals surface area contributed by atoms with Crippen molar-refractivity contribution in [2.75, 3.05) is 0 Å². The van der Waals surface area contributed by atoms with E-state index in [-0.39, 0.29) is 11.7 Å². The summed E-state index contributed by atoms with van der Waals surface area (Å²) in [5.74, 6) is -0.628. The molecule has 1 aromatic carbocycles. The average Bonchev–Trinajstić information content (AvgIpc) is 2.37. The largest absolute Gasteiger partial charge is 0.303 e. The zero-order chi connectivity index (χ0) is 12.1. The molecule has 17 heavy (non-hydrogen) atoms. The Kier molecular flexibility index (Phi) is 3.60. The second-order valence-electron chi connectivity index (χ2n) is 3.86. The SMILES string of the molecule is O=CC(Cc1ccncc1)c1cccc(F)c1. The fourth-order valence-electron chi connectivity index (χ4n) is 1.75. The highest BCUT2D eigenvalue weighted by Gasteiger charge is 2.11. The lowest BCUT2D eigenvalue weighted by Gasteiger charge is -2.10. The van der Waals surface area contributed by atoms with Gasteiger partial charge < -0.3 is 4.79 Å². The van der Waals surface area contributed by atoms with Crippen molar-refractivity contribution < 1.29 is 9.18 Å². The van der Waals surface area contributed by atoms with E-state index in [2.05, 4.69) is 4.98 Å². The number of hydrogen-bond donors (Lipinski definition) is 0. The lowest BCUT2D eigenvalue weighted by Crippen LogP contribution is -2.04. The Morgan fingerprint density at radius 2 is 2.00 bits per heavy atom. The number of hydrogen-bond acceptors (Lipinski definition) is 2. The number of aldehydes is 1. The zero-order valence-electron chi connectivity index (χ0n) is 9.21. The first kappa shape index (κ1) is 11.5. The summed E-state index contributed by atoms with van der Waals surface area (Å²) >= 11 is 0. The predicted octanol–water partition coefficient (Wildman–Crippen LogP) is 2.75. The molecule has 0 fully saturated rings. The van der Waals surface area contributed by atoms with Gasteiger partial charge in [-0.1, -0.05) is 12.1 Å². The Labute approximate surface area is 99.1 Å². The number of carbonyl (C=O) groups is 1. The minimum Gasteiger partial charge on any atom is -0.303 e. The topological polar surface area (TPSA) is 30.0 Å². The van der Waals surface area contributed by atoms with Crippen molar-refractivity contribution in [3.05, 3.63) is 65.7 Å². The number of rotatable bonds is 4. The molecule has 0 radical (unpaired) electrons. The summed E-state index contributed by atoms with van der Waals surface area (Å²) in [6.07, 6.45) is 4.79. The summed E-state index contributed by atoms with van der Waals surface area (Å²) < 4.78 is 13.1. The van der Waals surface area contributed by atoms with Gasteiger partial charge in [0.2, 0.25) is 0 Å². The van der Waals surface area contributed by atoms with Gasteiger partial charge in [-0.2, -0.15) is 0 Å². The van der Waals surface area contributed by atoms with Crippen LogP contribution >= 0.6 is 0 Å². The highest BCUT2D eigenvalue weighted by atomic mass is 19.1. The van der Waals surface area contributed by atoms with Crippen LogP contribution < -0.4 is 0 Å². The number of benzene rings is 1. The first-order chi connectivity index (χ1) is 8.29. The van der Waals surface area contributed by atoms with E-state index in [0.717, 1.165) is 11.8 Å². The molecule has 1 aromatic heterocycles. The maximum atomic E-state index is 13.1. The maximum Gasteiger partial charge on any atom is 0.127 e. The van der Waals surface area contributed by atoms with Crippen molar-refractivity contribution in [2.45, 2.75) is 12.3 Å². The van der Waals surface area contributed by atoms with Crippen molar-refractivity contribution in [3.63, 3.8) is 0 Å². The van der Waals surface area contributed by atoms with Crippen LogP contribution in [0.15, 0.2) is 48.8 Å². The quantitative estimate of drug-likeness (QED) is 0.754. The minimum absolute atomic E-state index is 0.312. The van der Waals surface area contributed by atoms with Crippen LogP contribution in [0, 0.1) is 5.82 Å². The Morgan fingerprint density at radius 1 is 1.24 bits per heavy atom. The van der Waals surface area contributed by atoms with Crippen LogP contribution in [-0.4, -0.2) is 11.3 Å². The third-order valence-electron chi connectivity index (χ3n) is 2.65. The van der Waals surface area contributed by atoms with Gasteiger partial charge in [0.05, 0.1) is 0 Å². The average molecular weight is 229 g/mol. The fraction of sp³-hybridized carbons (Fsp3) is 0.143. The van der Waals surface area contributed by atoms with Crippen molar-refractivity contribution in [2.24, 2.45) is 0 Å². The summed E-state index contributed by atoms with van der Waals surface area (Å²) in [7, 11) is 0. The molecule has 0 aliphatic heterocycles. The van der Waals surface area contributed by atoms with Gasteiger partial charge in [-0.25, -0.2) is 4.39 Å². The highest BCUT2D eigenvalue weighted by molar-refractivity contribution is 5.62. The molecule has 0 saturated carbocycles. The monoisotopic (exact) mass is 229 g/mol. The van der Waals surface area contributed by atoms with Crippen LogP contribution in [0.5, 0.6) is 0 Å². The van der Waals surface area contributed by atoms with Crippen LogP contribution in [0.3, 0.4) is 0 Å². The third kappa shape index (κ3) is 2.97. The van der Waals surface area contributed by atoms with Gasteiger partial charge in [0.25, 0.3) is 0 Å².